The lowest BCUT2D eigenvalue weighted by Gasteiger charge is -2.47. The lowest BCUT2D eigenvalue weighted by Crippen LogP contribution is -2.64. The molecule has 0 saturated carbocycles. The number of hydrogen-bond donors (Lipinski definition) is 7. The summed E-state index contributed by atoms with van der Waals surface area (Å²) in [5.41, 5.74) is -7.47. The van der Waals surface area contributed by atoms with E-state index < -0.39 is 176 Å². The Morgan fingerprint density at radius 3 is 1.82 bits per heavy atom. The predicted molar refractivity (Wildman–Crippen MR) is 377 cm³/mol. The minimum atomic E-state index is -5.56. The van der Waals surface area contributed by atoms with Crippen molar-refractivity contribution in [3.8, 4) is 28.8 Å². The number of hydrazine groups is 1. The number of alkyl carbamates (subject to hydrolysis) is 2. The third-order valence-electron chi connectivity index (χ3n) is 20.1. The zero-order valence-electron chi connectivity index (χ0n) is 62.3. The molecule has 610 valence electrons. The second kappa shape index (κ2) is 35.1. The number of nitrogens with zero attached hydrogens (tertiary/aromatic N) is 9. The Balaban J connectivity index is 1.16. The number of anilines is 1. The first-order valence-electron chi connectivity index (χ1n) is 35.2. The van der Waals surface area contributed by atoms with Gasteiger partial charge in [0.25, 0.3) is 5.91 Å². The van der Waals surface area contributed by atoms with Crippen LogP contribution in [-0.4, -0.2) is 231 Å². The van der Waals surface area contributed by atoms with Gasteiger partial charge in [0.1, 0.15) is 35.6 Å². The number of carboxylic acids is 1. The number of aliphatic carboxylic acids is 1. The van der Waals surface area contributed by atoms with Gasteiger partial charge in [-0.3, -0.25) is 49.0 Å². The van der Waals surface area contributed by atoms with Crippen molar-refractivity contribution in [1.82, 2.24) is 60.8 Å². The van der Waals surface area contributed by atoms with Crippen LogP contribution in [0.1, 0.15) is 106 Å². The Morgan fingerprint density at radius 1 is 0.750 bits per heavy atom. The zero-order chi connectivity index (χ0) is 82.3. The normalized spacial score (nSPS) is 17.8. The first-order chi connectivity index (χ1) is 52.3. The SMILES string of the molecule is COC(=O)N[C@H](C(=O)N[C@@H](Cc1ccc(C#Cc2cnc(N3CC4CCC(C3)N4C3COC3)nc2)cc1)[C@H](CN(Cc1c(F)cc(-c2ccn(C(F)F)n2)cc1F)NC(=O)[C@@H](NC(=O)OC)C(C)(C)C(F)(F)F)OC(=O)CC(C)(C)c1c(CC(=O)N2CCN(CC(=O)O)CC2)cc(C)cc1OP(=O)(O)O)C(C)(C)C(F)(F)F. The summed E-state index contributed by atoms with van der Waals surface area (Å²) in [4.78, 5) is 135. The fourth-order valence-corrected chi connectivity index (χ4v) is 14.3. The van der Waals surface area contributed by atoms with Crippen LogP contribution in [0.3, 0.4) is 0 Å². The van der Waals surface area contributed by atoms with E-state index in [1.54, 1.807) is 10.2 Å². The molecule has 3 aromatic carbocycles. The van der Waals surface area contributed by atoms with Crippen molar-refractivity contribution in [2.24, 2.45) is 10.8 Å². The largest absolute Gasteiger partial charge is 0.524 e. The third-order valence-corrected chi connectivity index (χ3v) is 20.6. The quantitative estimate of drug-likeness (QED) is 0.00609. The highest BCUT2D eigenvalue weighted by atomic mass is 31.2. The highest BCUT2D eigenvalue weighted by Gasteiger charge is 2.58. The Morgan fingerprint density at radius 2 is 1.31 bits per heavy atom. The molecule has 29 nitrogen and oxygen atoms in total. The van der Waals surface area contributed by atoms with E-state index in [2.05, 4.69) is 56.9 Å². The van der Waals surface area contributed by atoms with Gasteiger partial charge in [0, 0.05) is 104 Å². The zero-order valence-corrected chi connectivity index (χ0v) is 63.2. The van der Waals surface area contributed by atoms with Gasteiger partial charge in [0.2, 0.25) is 17.8 Å². The minimum Gasteiger partial charge on any atom is -0.480 e. The van der Waals surface area contributed by atoms with Crippen molar-refractivity contribution in [3.05, 3.63) is 124 Å². The molecule has 9 rings (SSSR count). The number of alkyl halides is 8. The topological polar surface area (TPSA) is 351 Å². The van der Waals surface area contributed by atoms with E-state index in [-0.39, 0.29) is 59.7 Å². The molecule has 4 aliphatic rings. The van der Waals surface area contributed by atoms with Gasteiger partial charge < -0.3 is 54.3 Å². The van der Waals surface area contributed by atoms with Crippen LogP contribution >= 0.6 is 7.82 Å². The molecule has 5 aromatic rings. The number of carbonyl (C=O) groups excluding carboxylic acids is 6. The van der Waals surface area contributed by atoms with Crippen LogP contribution < -0.4 is 30.8 Å². The number of rotatable bonds is 29. The van der Waals surface area contributed by atoms with Crippen LogP contribution in [0.15, 0.2) is 73.2 Å². The maximum atomic E-state index is 16.9. The molecule has 6 atom stereocenters. The van der Waals surface area contributed by atoms with Crippen molar-refractivity contribution in [1.29, 1.82) is 0 Å². The fourth-order valence-electron chi connectivity index (χ4n) is 13.9. The maximum Gasteiger partial charge on any atom is 0.524 e. The molecule has 0 radical (unpaired) electrons. The van der Waals surface area contributed by atoms with E-state index in [1.165, 1.54) is 74.5 Å². The third kappa shape index (κ3) is 21.3. The molecule has 0 aliphatic carbocycles. The Kier molecular flexibility index (Phi) is 27.1. The monoisotopic (exact) mass is 1610 g/mol. The molecule has 2 aromatic heterocycles. The summed E-state index contributed by atoms with van der Waals surface area (Å²) in [5, 5.41) is 19.5. The Labute approximate surface area is 636 Å². The summed E-state index contributed by atoms with van der Waals surface area (Å²) in [6, 6.07) is 3.92. The van der Waals surface area contributed by atoms with Gasteiger partial charge in [-0.25, -0.2) is 42.6 Å². The summed E-state index contributed by atoms with van der Waals surface area (Å²) >= 11 is 0. The van der Waals surface area contributed by atoms with Gasteiger partial charge in [0.05, 0.1) is 87.5 Å². The van der Waals surface area contributed by atoms with E-state index in [4.69, 9.17) is 14.0 Å². The molecule has 2 unspecified atom stereocenters. The minimum absolute atomic E-state index is 0.00600. The number of methoxy groups -OCH3 is 2. The van der Waals surface area contributed by atoms with E-state index in [1.807, 2.05) is 5.32 Å². The number of fused-ring (bicyclic) bond motifs is 2. The van der Waals surface area contributed by atoms with Crippen LogP contribution in [0, 0.1) is 41.2 Å². The number of amides is 5. The van der Waals surface area contributed by atoms with Crippen molar-refractivity contribution in [2.75, 3.05) is 84.7 Å². The van der Waals surface area contributed by atoms with Crippen LogP contribution in [-0.2, 0) is 72.3 Å². The number of ether oxygens (including phenoxy) is 4. The maximum absolute atomic E-state index is 16.9. The standard InChI is InChI=1S/C72H86F10N13O16P/c1-40-24-45(29-56(96)91-22-20-90(21-23-91)37-57(97)98)59(54(25-40)111-112(104,105)106)68(2,3)30-58(99)110-55(36-93(89-63(101)61(87-67(103)108-9)70(6,7)72(80,81)82)35-49-50(73)27-44(28-51(49)74)52-18-19-94(88-52)64(75)76)53(85-62(100)60(86-66(102)107-8)69(4,5)71(77,78)79)26-42-13-10-41(11-14-42)12-15-43-31-83-65(84-32-43)92-33-46-16-17-47(34-92)95(46)48-38-109-39-48/h10-11,13-14,18-19,24-25,27-28,31-32,46-48,53,55,60-61,64H,16-17,20-23,26,29-30,33-39H2,1-9H3,(H,85,100)(H,86,102)(H,87,103)(H,89,101)(H,97,98)(H2,104,105,106)/t46?,47?,53-,55-,60+,61+/m0/s1. The number of aromatic nitrogens is 4. The first kappa shape index (κ1) is 86.3. The molecule has 7 N–H and O–H groups in total. The Hall–Kier alpha value is -9.71. The van der Waals surface area contributed by atoms with E-state index in [9.17, 15) is 52.2 Å². The second-order valence-corrected chi connectivity index (χ2v) is 30.6. The molecular formula is C72H86F10N13O16P. The highest BCUT2D eigenvalue weighted by molar-refractivity contribution is 7.46. The summed E-state index contributed by atoms with van der Waals surface area (Å²) in [6.45, 7) is 2.95. The van der Waals surface area contributed by atoms with E-state index in [0.29, 0.717) is 106 Å². The number of carboxylic acid groups (broad SMARTS) is 1. The van der Waals surface area contributed by atoms with Crippen LogP contribution in [0.25, 0.3) is 11.3 Å². The molecular weight excluding hydrogens is 1520 g/mol. The second-order valence-electron chi connectivity index (χ2n) is 29.5. The average Bonchev–Trinajstić information content (AvgIpc) is 1.77. The number of benzene rings is 3. The fraction of sp³-hybridized carbons (Fsp3) is 0.528. The van der Waals surface area contributed by atoms with Crippen molar-refractivity contribution in [2.45, 2.75) is 154 Å². The van der Waals surface area contributed by atoms with Crippen LogP contribution in [0.5, 0.6) is 5.75 Å². The molecule has 4 aliphatic heterocycles. The lowest BCUT2D eigenvalue weighted by molar-refractivity contribution is -0.221. The number of hydrogen-bond acceptors (Lipinski definition) is 20. The number of phosphoric acid groups is 1. The van der Waals surface area contributed by atoms with E-state index in [0.717, 1.165) is 39.3 Å². The van der Waals surface area contributed by atoms with Crippen LogP contribution in [0.4, 0.5) is 59.4 Å². The average molecular weight is 1610 g/mol. The van der Waals surface area contributed by atoms with Gasteiger partial charge in [-0.1, -0.05) is 43.9 Å². The van der Waals surface area contributed by atoms with Crippen molar-refractivity contribution in [3.63, 3.8) is 0 Å². The summed E-state index contributed by atoms with van der Waals surface area (Å²) in [7, 11) is -4.07. The van der Waals surface area contributed by atoms with Gasteiger partial charge in [-0.2, -0.15) is 40.2 Å². The summed E-state index contributed by atoms with van der Waals surface area (Å²) in [6.07, 6.45) is -12.7. The molecule has 4 fully saturated rings. The number of nitrogens with one attached hydrogen (secondary N) is 4. The molecule has 4 saturated heterocycles. The predicted octanol–water partition coefficient (Wildman–Crippen LogP) is 7.48. The molecule has 0 spiro atoms. The lowest BCUT2D eigenvalue weighted by atomic mass is 9.77. The van der Waals surface area contributed by atoms with Gasteiger partial charge in [0.15, 0.2) is 0 Å². The number of carbonyl (C=O) groups is 7. The summed E-state index contributed by atoms with van der Waals surface area (Å²) < 4.78 is 192. The van der Waals surface area contributed by atoms with Crippen LogP contribution in [0.2, 0.25) is 0 Å². The van der Waals surface area contributed by atoms with Gasteiger partial charge in [-0.05, 0) is 107 Å². The molecule has 2 bridgehead atoms. The number of esters is 1. The number of phosphoric ester groups is 1. The number of halogens is 10. The molecule has 6 heterocycles. The number of piperazine rings is 2. The van der Waals surface area contributed by atoms with Gasteiger partial charge >= 0.3 is 50.8 Å². The smallest absolute Gasteiger partial charge is 0.480 e. The number of aryl methyl sites for hydroxylation is 1. The summed E-state index contributed by atoms with van der Waals surface area (Å²) in [5.74, 6) is -3.95. The first-order valence-corrected chi connectivity index (χ1v) is 36.7. The van der Waals surface area contributed by atoms with Gasteiger partial charge in [-0.15, -0.1) is 0 Å². The molecule has 112 heavy (non-hydrogen) atoms. The van der Waals surface area contributed by atoms with E-state index >= 15 is 44.7 Å². The molecule has 5 amide bonds. The van der Waals surface area contributed by atoms with Crippen molar-refractivity contribution < 1.29 is 120 Å². The Bertz CT molecular complexity index is 4340. The molecule has 40 heteroatoms. The van der Waals surface area contributed by atoms with Crippen molar-refractivity contribution >= 4 is 55.6 Å². The highest BCUT2D eigenvalue weighted by Crippen LogP contribution is 2.47.